The lowest BCUT2D eigenvalue weighted by Gasteiger charge is -2.01. The Labute approximate surface area is 137 Å². The third kappa shape index (κ3) is 2.23. The molecule has 0 aliphatic carbocycles. The van der Waals surface area contributed by atoms with E-state index in [1.54, 1.807) is 24.3 Å². The molecule has 2 heterocycles. The Hall–Kier alpha value is -3.47. The standard InChI is InChI=1S/C19H12N2O3/c22-12-14-10-11-17(24-14)18-15-8-4-5-9-16(15)21(20-18)19(23)13-6-2-1-3-7-13/h1-12H. The highest BCUT2D eigenvalue weighted by molar-refractivity contribution is 6.04. The molecule has 4 aromatic rings. The van der Waals surface area contributed by atoms with E-state index in [0.717, 1.165) is 5.39 Å². The number of fused-ring (bicyclic) bond motifs is 1. The second kappa shape index (κ2) is 5.62. The van der Waals surface area contributed by atoms with Crippen LogP contribution in [0, 0.1) is 0 Å². The number of nitrogens with zero attached hydrogens (tertiary/aromatic N) is 2. The van der Waals surface area contributed by atoms with Gasteiger partial charge >= 0.3 is 0 Å². The Morgan fingerprint density at radius 3 is 2.46 bits per heavy atom. The highest BCUT2D eigenvalue weighted by Gasteiger charge is 2.19. The number of para-hydroxylation sites is 1. The summed E-state index contributed by atoms with van der Waals surface area (Å²) in [6, 6.07) is 19.6. The Morgan fingerprint density at radius 2 is 1.71 bits per heavy atom. The molecule has 4 rings (SSSR count). The van der Waals surface area contributed by atoms with E-state index in [4.69, 9.17) is 4.42 Å². The normalized spacial score (nSPS) is 10.8. The van der Waals surface area contributed by atoms with Crippen LogP contribution in [-0.2, 0) is 0 Å². The van der Waals surface area contributed by atoms with Gasteiger partial charge in [0.15, 0.2) is 17.8 Å². The molecule has 0 unspecified atom stereocenters. The highest BCUT2D eigenvalue weighted by atomic mass is 16.3. The van der Waals surface area contributed by atoms with Crippen molar-refractivity contribution in [3.8, 4) is 11.5 Å². The zero-order valence-electron chi connectivity index (χ0n) is 12.5. The summed E-state index contributed by atoms with van der Waals surface area (Å²) in [7, 11) is 0. The fraction of sp³-hybridized carbons (Fsp3) is 0. The molecule has 116 valence electrons. The number of carbonyl (C=O) groups excluding carboxylic acids is 2. The molecule has 0 aliphatic rings. The van der Waals surface area contributed by atoms with Crippen LogP contribution in [0.2, 0.25) is 0 Å². The smallest absolute Gasteiger partial charge is 0.278 e. The van der Waals surface area contributed by atoms with Crippen LogP contribution in [0.3, 0.4) is 0 Å². The lowest BCUT2D eigenvalue weighted by Crippen LogP contribution is -2.13. The summed E-state index contributed by atoms with van der Waals surface area (Å²) in [5, 5.41) is 5.23. The first-order chi connectivity index (χ1) is 11.8. The topological polar surface area (TPSA) is 65.1 Å². The van der Waals surface area contributed by atoms with Crippen molar-refractivity contribution < 1.29 is 14.0 Å². The average molecular weight is 316 g/mol. The van der Waals surface area contributed by atoms with Crippen molar-refractivity contribution in [2.24, 2.45) is 0 Å². The first-order valence-corrected chi connectivity index (χ1v) is 7.41. The third-order valence-electron chi connectivity index (χ3n) is 3.78. The quantitative estimate of drug-likeness (QED) is 0.539. The molecule has 0 atom stereocenters. The molecule has 5 nitrogen and oxygen atoms in total. The predicted octanol–water partition coefficient (Wildman–Crippen LogP) is 3.80. The predicted molar refractivity (Wildman–Crippen MR) is 89.0 cm³/mol. The molecule has 0 N–H and O–H groups in total. The third-order valence-corrected chi connectivity index (χ3v) is 3.78. The van der Waals surface area contributed by atoms with Gasteiger partial charge in [0.1, 0.15) is 5.69 Å². The monoisotopic (exact) mass is 316 g/mol. The fourth-order valence-electron chi connectivity index (χ4n) is 2.65. The van der Waals surface area contributed by atoms with E-state index in [1.165, 1.54) is 4.68 Å². The molecule has 0 saturated heterocycles. The minimum Gasteiger partial charge on any atom is -0.452 e. The van der Waals surface area contributed by atoms with Crippen LogP contribution in [0.25, 0.3) is 22.4 Å². The zero-order chi connectivity index (χ0) is 16.5. The summed E-state index contributed by atoms with van der Waals surface area (Å²) in [6.07, 6.45) is 0.637. The molecule has 0 fully saturated rings. The minimum absolute atomic E-state index is 0.220. The second-order valence-electron chi connectivity index (χ2n) is 5.27. The van der Waals surface area contributed by atoms with Crippen molar-refractivity contribution in [1.29, 1.82) is 0 Å². The fourth-order valence-corrected chi connectivity index (χ4v) is 2.65. The summed E-state index contributed by atoms with van der Waals surface area (Å²) >= 11 is 0. The molecule has 0 amide bonds. The number of carbonyl (C=O) groups is 2. The number of furan rings is 1. The lowest BCUT2D eigenvalue weighted by molar-refractivity contribution is 0.0950. The van der Waals surface area contributed by atoms with E-state index in [-0.39, 0.29) is 11.7 Å². The van der Waals surface area contributed by atoms with E-state index in [9.17, 15) is 9.59 Å². The van der Waals surface area contributed by atoms with E-state index < -0.39 is 0 Å². The number of hydrogen-bond acceptors (Lipinski definition) is 4. The first kappa shape index (κ1) is 14.1. The second-order valence-corrected chi connectivity index (χ2v) is 5.27. The molecule has 0 aliphatic heterocycles. The van der Waals surface area contributed by atoms with Crippen molar-refractivity contribution in [2.45, 2.75) is 0 Å². The average Bonchev–Trinajstić information content (AvgIpc) is 3.26. The van der Waals surface area contributed by atoms with Gasteiger partial charge in [0.2, 0.25) is 0 Å². The van der Waals surface area contributed by atoms with Crippen molar-refractivity contribution in [3.05, 3.63) is 78.1 Å². The minimum atomic E-state index is -0.222. The van der Waals surface area contributed by atoms with Gasteiger partial charge in [0.25, 0.3) is 5.91 Å². The van der Waals surface area contributed by atoms with Gasteiger partial charge in [-0.05, 0) is 30.3 Å². The van der Waals surface area contributed by atoms with Crippen LogP contribution >= 0.6 is 0 Å². The van der Waals surface area contributed by atoms with E-state index in [0.29, 0.717) is 28.8 Å². The van der Waals surface area contributed by atoms with Crippen LogP contribution in [0.5, 0.6) is 0 Å². The Balaban J connectivity index is 1.91. The summed E-state index contributed by atoms with van der Waals surface area (Å²) < 4.78 is 6.83. The SMILES string of the molecule is O=Cc1ccc(-c2nn(C(=O)c3ccccc3)c3ccccc23)o1. The molecule has 5 heteroatoms. The van der Waals surface area contributed by atoms with Crippen molar-refractivity contribution in [2.75, 3.05) is 0 Å². The number of aldehydes is 1. The number of benzene rings is 2. The maximum Gasteiger partial charge on any atom is 0.278 e. The Kier molecular flexibility index (Phi) is 3.31. The van der Waals surface area contributed by atoms with Crippen molar-refractivity contribution >= 4 is 23.1 Å². The highest BCUT2D eigenvalue weighted by Crippen LogP contribution is 2.29. The van der Waals surface area contributed by atoms with Gasteiger partial charge in [-0.15, -0.1) is 0 Å². The Morgan fingerprint density at radius 1 is 0.958 bits per heavy atom. The molecule has 0 radical (unpaired) electrons. The van der Waals surface area contributed by atoms with Gasteiger partial charge < -0.3 is 4.42 Å². The zero-order valence-corrected chi connectivity index (χ0v) is 12.5. The lowest BCUT2D eigenvalue weighted by atomic mass is 10.1. The Bertz CT molecular complexity index is 1040. The van der Waals surface area contributed by atoms with Gasteiger partial charge in [-0.1, -0.05) is 36.4 Å². The van der Waals surface area contributed by atoms with Crippen LogP contribution in [0.4, 0.5) is 0 Å². The van der Waals surface area contributed by atoms with Crippen molar-refractivity contribution in [1.82, 2.24) is 9.78 Å². The summed E-state index contributed by atoms with van der Waals surface area (Å²) in [4.78, 5) is 23.6. The first-order valence-electron chi connectivity index (χ1n) is 7.41. The van der Waals surface area contributed by atoms with Crippen LogP contribution in [0.15, 0.2) is 71.1 Å². The molecule has 0 spiro atoms. The summed E-state index contributed by atoms with van der Waals surface area (Å²) in [6.45, 7) is 0. The molecule has 2 aromatic carbocycles. The number of aromatic nitrogens is 2. The maximum absolute atomic E-state index is 12.8. The maximum atomic E-state index is 12.8. The van der Waals surface area contributed by atoms with Gasteiger partial charge in [0, 0.05) is 10.9 Å². The summed E-state index contributed by atoms with van der Waals surface area (Å²) in [5.41, 5.74) is 1.76. The molecule has 0 bridgehead atoms. The number of rotatable bonds is 3. The molecule has 0 saturated carbocycles. The van der Waals surface area contributed by atoms with E-state index in [2.05, 4.69) is 5.10 Å². The molecule has 2 aromatic heterocycles. The van der Waals surface area contributed by atoms with Gasteiger partial charge in [0.05, 0.1) is 5.52 Å². The molecular formula is C19H12N2O3. The van der Waals surface area contributed by atoms with Gasteiger partial charge in [-0.25, -0.2) is 0 Å². The van der Waals surface area contributed by atoms with E-state index >= 15 is 0 Å². The van der Waals surface area contributed by atoms with Crippen LogP contribution in [0.1, 0.15) is 20.9 Å². The molecule has 24 heavy (non-hydrogen) atoms. The van der Waals surface area contributed by atoms with Crippen LogP contribution < -0.4 is 0 Å². The van der Waals surface area contributed by atoms with Gasteiger partial charge in [-0.3, -0.25) is 9.59 Å². The van der Waals surface area contributed by atoms with Crippen molar-refractivity contribution in [3.63, 3.8) is 0 Å². The van der Waals surface area contributed by atoms with E-state index in [1.807, 2.05) is 42.5 Å². The summed E-state index contributed by atoms with van der Waals surface area (Å²) in [5.74, 6) is 0.450. The molecular weight excluding hydrogens is 304 g/mol. The number of hydrogen-bond donors (Lipinski definition) is 0. The largest absolute Gasteiger partial charge is 0.452 e. The van der Waals surface area contributed by atoms with Crippen LogP contribution in [-0.4, -0.2) is 22.0 Å². The van der Waals surface area contributed by atoms with Gasteiger partial charge in [-0.2, -0.15) is 9.78 Å².